The Balaban J connectivity index is 1.93. The Morgan fingerprint density at radius 1 is 1.63 bits per heavy atom. The maximum atomic E-state index is 5.71. The molecule has 0 unspecified atom stereocenters. The molecule has 100 valence electrons. The summed E-state index contributed by atoms with van der Waals surface area (Å²) in [6.07, 6.45) is 1.60. The number of nitrogens with zero attached hydrogens (tertiary/aromatic N) is 2. The molecule has 2 aromatic heterocycles. The van der Waals surface area contributed by atoms with Crippen molar-refractivity contribution in [2.24, 2.45) is 10.7 Å². The SMILES string of the molecule is C=C(C)CNC(N)=NCc1coc(-c2cccs2)n1. The van der Waals surface area contributed by atoms with Crippen LogP contribution in [0.5, 0.6) is 0 Å². The zero-order valence-corrected chi connectivity index (χ0v) is 11.5. The average Bonchev–Trinajstić information content (AvgIpc) is 3.03. The van der Waals surface area contributed by atoms with E-state index in [1.807, 2.05) is 24.4 Å². The minimum Gasteiger partial charge on any atom is -0.443 e. The Bertz CT molecular complexity index is 571. The molecule has 0 aromatic carbocycles. The molecule has 2 aromatic rings. The van der Waals surface area contributed by atoms with E-state index in [1.54, 1.807) is 17.6 Å². The van der Waals surface area contributed by atoms with Gasteiger partial charge in [0.05, 0.1) is 11.4 Å². The fourth-order valence-electron chi connectivity index (χ4n) is 1.36. The van der Waals surface area contributed by atoms with E-state index in [1.165, 1.54) is 0 Å². The topological polar surface area (TPSA) is 76.4 Å². The number of hydrogen-bond donors (Lipinski definition) is 2. The highest BCUT2D eigenvalue weighted by atomic mass is 32.1. The molecule has 0 amide bonds. The smallest absolute Gasteiger partial charge is 0.236 e. The van der Waals surface area contributed by atoms with Crippen LogP contribution in [0.4, 0.5) is 0 Å². The number of hydrogen-bond acceptors (Lipinski definition) is 4. The number of nitrogens with two attached hydrogens (primary N) is 1. The molecular weight excluding hydrogens is 260 g/mol. The lowest BCUT2D eigenvalue weighted by Gasteiger charge is -2.03. The van der Waals surface area contributed by atoms with Gasteiger partial charge in [-0.05, 0) is 18.4 Å². The Morgan fingerprint density at radius 3 is 3.16 bits per heavy atom. The Kier molecular flexibility index (Phi) is 4.35. The van der Waals surface area contributed by atoms with E-state index >= 15 is 0 Å². The van der Waals surface area contributed by atoms with Gasteiger partial charge in [0.15, 0.2) is 5.96 Å². The summed E-state index contributed by atoms with van der Waals surface area (Å²) in [5, 5.41) is 4.94. The second kappa shape index (κ2) is 6.19. The van der Waals surface area contributed by atoms with Gasteiger partial charge in [-0.2, -0.15) is 0 Å². The summed E-state index contributed by atoms with van der Waals surface area (Å²) in [7, 11) is 0. The van der Waals surface area contributed by atoms with Crippen LogP contribution in [0.1, 0.15) is 12.6 Å². The summed E-state index contributed by atoms with van der Waals surface area (Å²) in [6, 6.07) is 3.92. The number of aliphatic imine (C=N–C) groups is 1. The highest BCUT2D eigenvalue weighted by Crippen LogP contribution is 2.23. The van der Waals surface area contributed by atoms with E-state index in [9.17, 15) is 0 Å². The van der Waals surface area contributed by atoms with Gasteiger partial charge >= 0.3 is 0 Å². The van der Waals surface area contributed by atoms with Gasteiger partial charge in [0.2, 0.25) is 5.89 Å². The summed E-state index contributed by atoms with van der Waals surface area (Å²) < 4.78 is 5.39. The lowest BCUT2D eigenvalue weighted by Crippen LogP contribution is -2.32. The van der Waals surface area contributed by atoms with E-state index in [0.717, 1.165) is 16.1 Å². The van der Waals surface area contributed by atoms with Gasteiger partial charge in [-0.25, -0.2) is 9.98 Å². The number of aromatic nitrogens is 1. The lowest BCUT2D eigenvalue weighted by atomic mass is 10.3. The number of oxazole rings is 1. The molecule has 0 saturated carbocycles. The first kappa shape index (κ1) is 13.4. The molecule has 0 atom stereocenters. The lowest BCUT2D eigenvalue weighted by molar-refractivity contribution is 0.574. The van der Waals surface area contributed by atoms with Crippen molar-refractivity contribution in [1.29, 1.82) is 0 Å². The molecule has 0 spiro atoms. The van der Waals surface area contributed by atoms with E-state index in [-0.39, 0.29) is 0 Å². The van der Waals surface area contributed by atoms with Gasteiger partial charge in [-0.3, -0.25) is 0 Å². The van der Waals surface area contributed by atoms with E-state index < -0.39 is 0 Å². The molecular formula is C13H16N4OS. The normalized spacial score (nSPS) is 11.5. The highest BCUT2D eigenvalue weighted by molar-refractivity contribution is 7.13. The number of nitrogens with one attached hydrogen (secondary N) is 1. The second-order valence-electron chi connectivity index (χ2n) is 4.13. The maximum Gasteiger partial charge on any atom is 0.236 e. The zero-order valence-electron chi connectivity index (χ0n) is 10.7. The third-order valence-electron chi connectivity index (χ3n) is 2.27. The summed E-state index contributed by atoms with van der Waals surface area (Å²) in [5.41, 5.74) is 7.47. The molecule has 0 aliphatic heterocycles. The van der Waals surface area contributed by atoms with E-state index in [4.69, 9.17) is 10.2 Å². The van der Waals surface area contributed by atoms with Crippen LogP contribution in [-0.2, 0) is 6.54 Å². The molecule has 0 aliphatic carbocycles. The number of rotatable bonds is 5. The molecule has 19 heavy (non-hydrogen) atoms. The first-order valence-corrected chi connectivity index (χ1v) is 6.69. The molecule has 0 saturated heterocycles. The monoisotopic (exact) mass is 276 g/mol. The summed E-state index contributed by atoms with van der Waals surface area (Å²) in [5.74, 6) is 0.998. The van der Waals surface area contributed by atoms with Crippen molar-refractivity contribution in [3.63, 3.8) is 0 Å². The largest absolute Gasteiger partial charge is 0.443 e. The average molecular weight is 276 g/mol. The minimum absolute atomic E-state index is 0.378. The van der Waals surface area contributed by atoms with Crippen molar-refractivity contribution in [2.75, 3.05) is 6.54 Å². The van der Waals surface area contributed by atoms with Crippen molar-refractivity contribution in [1.82, 2.24) is 10.3 Å². The Hall–Kier alpha value is -2.08. The Morgan fingerprint density at radius 2 is 2.47 bits per heavy atom. The van der Waals surface area contributed by atoms with Crippen molar-refractivity contribution in [2.45, 2.75) is 13.5 Å². The molecule has 2 rings (SSSR count). The van der Waals surface area contributed by atoms with Crippen LogP contribution in [0.25, 0.3) is 10.8 Å². The second-order valence-corrected chi connectivity index (χ2v) is 5.08. The fraction of sp³-hybridized carbons (Fsp3) is 0.231. The zero-order chi connectivity index (χ0) is 13.7. The van der Waals surface area contributed by atoms with Crippen molar-refractivity contribution in [3.05, 3.63) is 41.6 Å². The predicted molar refractivity (Wildman–Crippen MR) is 78.0 cm³/mol. The molecule has 3 N–H and O–H groups in total. The van der Waals surface area contributed by atoms with Crippen LogP contribution in [-0.4, -0.2) is 17.5 Å². The van der Waals surface area contributed by atoms with Gasteiger partial charge in [-0.15, -0.1) is 11.3 Å². The van der Waals surface area contributed by atoms with E-state index in [0.29, 0.717) is 24.9 Å². The van der Waals surface area contributed by atoms with Crippen LogP contribution in [0.15, 0.2) is 45.3 Å². The third-order valence-corrected chi connectivity index (χ3v) is 3.12. The van der Waals surface area contributed by atoms with Crippen LogP contribution >= 0.6 is 11.3 Å². The first-order chi connectivity index (χ1) is 9.15. The summed E-state index contributed by atoms with van der Waals surface area (Å²) in [6.45, 7) is 6.71. The first-order valence-electron chi connectivity index (χ1n) is 5.81. The van der Waals surface area contributed by atoms with Crippen LogP contribution in [0.3, 0.4) is 0 Å². The molecule has 0 radical (unpaired) electrons. The molecule has 5 nitrogen and oxygen atoms in total. The quantitative estimate of drug-likeness (QED) is 0.499. The van der Waals surface area contributed by atoms with Crippen molar-refractivity contribution in [3.8, 4) is 10.8 Å². The van der Waals surface area contributed by atoms with E-state index in [2.05, 4.69) is 21.9 Å². The summed E-state index contributed by atoms with van der Waals surface area (Å²) in [4.78, 5) is 9.54. The molecule has 0 fully saturated rings. The van der Waals surface area contributed by atoms with Crippen molar-refractivity contribution < 1.29 is 4.42 Å². The highest BCUT2D eigenvalue weighted by Gasteiger charge is 2.06. The van der Waals surface area contributed by atoms with Gasteiger partial charge in [0.25, 0.3) is 0 Å². The van der Waals surface area contributed by atoms with Crippen LogP contribution in [0, 0.1) is 0 Å². The number of guanidine groups is 1. The maximum absolute atomic E-state index is 5.71. The molecule has 6 heteroatoms. The standard InChI is InChI=1S/C13H16N4OS/c1-9(2)6-15-13(14)16-7-10-8-18-12(17-10)11-4-3-5-19-11/h3-5,8H,1,6-7H2,2H3,(H3,14,15,16). The molecule has 2 heterocycles. The van der Waals surface area contributed by atoms with Gasteiger partial charge in [0, 0.05) is 6.54 Å². The Labute approximate surface area is 115 Å². The fourth-order valence-corrected chi connectivity index (χ4v) is 2.01. The van der Waals surface area contributed by atoms with Crippen LogP contribution < -0.4 is 11.1 Å². The third kappa shape index (κ3) is 3.96. The van der Waals surface area contributed by atoms with Gasteiger partial charge in [-0.1, -0.05) is 18.2 Å². The van der Waals surface area contributed by atoms with Gasteiger partial charge in [0.1, 0.15) is 12.0 Å². The predicted octanol–water partition coefficient (Wildman–Crippen LogP) is 2.38. The molecule has 0 bridgehead atoms. The van der Waals surface area contributed by atoms with Crippen LogP contribution in [0.2, 0.25) is 0 Å². The minimum atomic E-state index is 0.378. The van der Waals surface area contributed by atoms with Gasteiger partial charge < -0.3 is 15.5 Å². The molecule has 0 aliphatic rings. The van der Waals surface area contributed by atoms with Crippen molar-refractivity contribution >= 4 is 17.3 Å². The number of thiophene rings is 1. The summed E-state index contributed by atoms with van der Waals surface area (Å²) >= 11 is 1.59.